The van der Waals surface area contributed by atoms with Crippen molar-refractivity contribution in [3.05, 3.63) is 46.8 Å². The van der Waals surface area contributed by atoms with Gasteiger partial charge < -0.3 is 51.5 Å². The van der Waals surface area contributed by atoms with E-state index in [2.05, 4.69) is 28.2 Å². The average molecular weight is 913 g/mol. The number of carboxylic acid groups (broad SMARTS) is 1. The molecule has 0 spiro atoms. The van der Waals surface area contributed by atoms with Crippen molar-refractivity contribution in [2.75, 3.05) is 27.2 Å². The average Bonchev–Trinajstić information content (AvgIpc) is 3.27. The second-order valence-electron chi connectivity index (χ2n) is 17.9. The van der Waals surface area contributed by atoms with Crippen molar-refractivity contribution in [2.24, 2.45) is 5.92 Å². The van der Waals surface area contributed by atoms with E-state index in [1.54, 1.807) is 25.3 Å². The van der Waals surface area contributed by atoms with Gasteiger partial charge in [-0.2, -0.15) is 0 Å². The predicted octanol–water partition coefficient (Wildman–Crippen LogP) is 4.00. The van der Waals surface area contributed by atoms with Crippen molar-refractivity contribution in [1.29, 1.82) is 0 Å². The maximum absolute atomic E-state index is 13.9. The molecule has 0 saturated carbocycles. The van der Waals surface area contributed by atoms with Crippen LogP contribution in [0.4, 0.5) is 0 Å². The van der Waals surface area contributed by atoms with Crippen molar-refractivity contribution in [3.8, 4) is 0 Å². The lowest BCUT2D eigenvalue weighted by Crippen LogP contribution is -2.58. The Morgan fingerprint density at radius 2 is 1.48 bits per heavy atom. The molecule has 2 aliphatic carbocycles. The van der Waals surface area contributed by atoms with Crippen LogP contribution in [0.2, 0.25) is 0 Å². The minimum Gasteiger partial charge on any atom is -0.508 e. The zero-order valence-electron chi connectivity index (χ0n) is 39.2. The van der Waals surface area contributed by atoms with Gasteiger partial charge in [0, 0.05) is 44.8 Å². The van der Waals surface area contributed by atoms with E-state index in [9.17, 15) is 54.0 Å². The Hall–Kier alpha value is -5.03. The lowest BCUT2D eigenvalue weighted by molar-refractivity contribution is -0.143. The molecule has 0 saturated heterocycles. The molecule has 6 amide bonds. The summed E-state index contributed by atoms with van der Waals surface area (Å²) in [7, 11) is 2.96. The number of nitrogens with one attached hydrogen (secondary N) is 4. The minimum absolute atomic E-state index is 0.00681. The topological polar surface area (TPSA) is 255 Å². The largest absolute Gasteiger partial charge is 0.508 e. The summed E-state index contributed by atoms with van der Waals surface area (Å²) in [6.07, 6.45) is 21.2. The van der Waals surface area contributed by atoms with E-state index in [4.69, 9.17) is 0 Å². The van der Waals surface area contributed by atoms with Gasteiger partial charge in [-0.25, -0.2) is 4.79 Å². The summed E-state index contributed by atoms with van der Waals surface area (Å²) in [6.45, 7) is 4.14. The third-order valence-electron chi connectivity index (χ3n) is 12.7. The first kappa shape index (κ1) is 54.3. The number of carbonyl (C=O) groups is 7. The van der Waals surface area contributed by atoms with Crippen LogP contribution < -0.4 is 21.3 Å². The highest BCUT2D eigenvalue weighted by Crippen LogP contribution is 2.36. The molecule has 0 fully saturated rings. The number of aliphatic hydroxyl groups excluding tert-OH is 3. The molecule has 8 N–H and O–H groups in total. The Balaban J connectivity index is 1.51. The molecule has 1 aliphatic heterocycles. The van der Waals surface area contributed by atoms with Gasteiger partial charge in [-0.15, -0.1) is 0 Å². The van der Waals surface area contributed by atoms with E-state index in [0.29, 0.717) is 23.1 Å². The van der Waals surface area contributed by atoms with E-state index in [1.807, 2.05) is 0 Å². The normalized spacial score (nSPS) is 22.0. The zero-order chi connectivity index (χ0) is 48.1. The van der Waals surface area contributed by atoms with Crippen molar-refractivity contribution < 1.29 is 54.0 Å². The number of unbranched alkanes of at least 4 members (excludes halogenated alkanes) is 12. The summed E-state index contributed by atoms with van der Waals surface area (Å²) in [5.74, 6) is -5.77. The number of hydrogen-bond donors (Lipinski definition) is 8. The standard InChI is InChI=1S/C48H76N6O11/c1-6-7-8-9-10-11-12-13-14-15-16-17-18-19-42(59)53(4)35(30-55)22-25-41(58)50-31(2)45(61)49-29-43(60)54(5)44-34-21-24-40(57)37(28-34)36-26-33(20-23-39(36)56)27-38(48(64)65)52-46(62)32(3)51-47(44)63/h20-21,24,26,31-32,34-35,38-39,44,55-57H,6-19,22-23,25,27-30H2,1-5H3,(H,49,61)(H,50,58)(H,51,63)(H,52,62)(H,64,65)/t31-,32+,34+,35-,38+,39+,44+/m1/s1. The number of amides is 6. The Morgan fingerprint density at radius 3 is 2.08 bits per heavy atom. The SMILES string of the molecule is CCCCCCCCCCCCCCCC(=O)N(C)[C@@H](CO)CCC(=O)N[C@H](C)C(=O)NCC(=O)N(C)[C@@H]1C(=O)N[C@@H](C)C(=O)N[C@H](C(=O)O)CC2=CC[C@H](O)C(=C2)C2=C(O)C=C[C@H]1C2. The number of rotatable bonds is 25. The van der Waals surface area contributed by atoms with Gasteiger partial charge in [-0.1, -0.05) is 102 Å². The highest BCUT2D eigenvalue weighted by molar-refractivity contribution is 5.95. The van der Waals surface area contributed by atoms with Gasteiger partial charge in [0.2, 0.25) is 35.4 Å². The van der Waals surface area contributed by atoms with Gasteiger partial charge >= 0.3 is 5.97 Å². The molecule has 0 radical (unpaired) electrons. The third-order valence-corrected chi connectivity index (χ3v) is 12.7. The Bertz CT molecular complexity index is 1780. The lowest BCUT2D eigenvalue weighted by Gasteiger charge is -2.36. The Morgan fingerprint density at radius 1 is 0.862 bits per heavy atom. The molecule has 17 heteroatoms. The number of carboxylic acids is 1. The van der Waals surface area contributed by atoms with E-state index in [1.165, 1.54) is 89.7 Å². The third kappa shape index (κ3) is 17.7. The van der Waals surface area contributed by atoms with Crippen molar-refractivity contribution in [1.82, 2.24) is 31.1 Å². The molecule has 3 aliphatic rings. The minimum atomic E-state index is -1.36. The monoisotopic (exact) mass is 913 g/mol. The fourth-order valence-corrected chi connectivity index (χ4v) is 8.49. The van der Waals surface area contributed by atoms with Crippen LogP contribution in [-0.4, -0.2) is 135 Å². The van der Waals surface area contributed by atoms with Crippen molar-refractivity contribution in [2.45, 2.75) is 179 Å². The molecule has 0 unspecified atom stereocenters. The van der Waals surface area contributed by atoms with E-state index in [0.717, 1.165) is 30.6 Å². The van der Waals surface area contributed by atoms with Crippen LogP contribution >= 0.6 is 0 Å². The maximum Gasteiger partial charge on any atom is 0.326 e. The molecular weight excluding hydrogens is 837 g/mol. The van der Waals surface area contributed by atoms with E-state index < -0.39 is 84.3 Å². The second-order valence-corrected chi connectivity index (χ2v) is 17.9. The number of nitrogens with zero attached hydrogens (tertiary/aromatic N) is 2. The van der Waals surface area contributed by atoms with Crippen LogP contribution in [-0.2, 0) is 33.6 Å². The van der Waals surface area contributed by atoms with E-state index >= 15 is 0 Å². The summed E-state index contributed by atoms with van der Waals surface area (Å²) in [4.78, 5) is 94.2. The van der Waals surface area contributed by atoms with Crippen LogP contribution in [0.3, 0.4) is 0 Å². The summed E-state index contributed by atoms with van der Waals surface area (Å²) in [6, 6.07) is -5.52. The Kier molecular flexibility index (Phi) is 23.5. The number of aliphatic hydroxyl groups is 3. The van der Waals surface area contributed by atoms with Gasteiger partial charge in [-0.3, -0.25) is 28.8 Å². The van der Waals surface area contributed by atoms with Crippen LogP contribution in [0.15, 0.2) is 46.8 Å². The molecule has 4 bridgehead atoms. The van der Waals surface area contributed by atoms with Crippen LogP contribution in [0.1, 0.15) is 143 Å². The van der Waals surface area contributed by atoms with Gasteiger partial charge in [0.25, 0.3) is 0 Å². The molecule has 1 heterocycles. The first-order valence-electron chi connectivity index (χ1n) is 23.7. The van der Waals surface area contributed by atoms with Crippen LogP contribution in [0.25, 0.3) is 0 Å². The number of allylic oxidation sites excluding steroid dienone is 2. The number of aliphatic carboxylic acids is 1. The van der Waals surface area contributed by atoms with Crippen LogP contribution in [0, 0.1) is 5.92 Å². The fraction of sp³-hybridized carbons (Fsp3) is 0.688. The number of carbonyl (C=O) groups excluding carboxylic acids is 6. The molecule has 65 heavy (non-hydrogen) atoms. The summed E-state index contributed by atoms with van der Waals surface area (Å²) in [5.41, 5.74) is 1.15. The van der Waals surface area contributed by atoms with Crippen molar-refractivity contribution in [3.63, 3.8) is 0 Å². The number of fused-ring (bicyclic) bond motifs is 4. The molecule has 0 aromatic heterocycles. The number of hydrogen-bond acceptors (Lipinski definition) is 10. The van der Waals surface area contributed by atoms with Gasteiger partial charge in [-0.05, 0) is 56.8 Å². The zero-order valence-corrected chi connectivity index (χ0v) is 39.2. The summed E-state index contributed by atoms with van der Waals surface area (Å²) >= 11 is 0. The highest BCUT2D eigenvalue weighted by atomic mass is 16.4. The van der Waals surface area contributed by atoms with Gasteiger partial charge in [0.15, 0.2) is 0 Å². The molecule has 17 nitrogen and oxygen atoms in total. The van der Waals surface area contributed by atoms with E-state index in [-0.39, 0.29) is 50.4 Å². The smallest absolute Gasteiger partial charge is 0.326 e. The predicted molar refractivity (Wildman–Crippen MR) is 246 cm³/mol. The lowest BCUT2D eigenvalue weighted by atomic mass is 9.79. The maximum atomic E-state index is 13.9. The first-order valence-corrected chi connectivity index (χ1v) is 23.7. The van der Waals surface area contributed by atoms with Gasteiger partial charge in [0.1, 0.15) is 29.9 Å². The quantitative estimate of drug-likeness (QED) is 0.0608. The molecule has 364 valence electrons. The molecular formula is C48H76N6O11. The molecule has 0 aromatic carbocycles. The highest BCUT2D eigenvalue weighted by Gasteiger charge is 2.39. The molecule has 0 aromatic rings. The van der Waals surface area contributed by atoms with Crippen molar-refractivity contribution >= 4 is 41.4 Å². The fourth-order valence-electron chi connectivity index (χ4n) is 8.49. The number of likely N-dealkylation sites (N-methyl/N-ethyl adjacent to an activating group) is 2. The molecule has 7 atom stereocenters. The molecule has 3 rings (SSSR count). The van der Waals surface area contributed by atoms with Crippen LogP contribution in [0.5, 0.6) is 0 Å². The first-order chi connectivity index (χ1) is 31.0. The van der Waals surface area contributed by atoms with Gasteiger partial charge in [0.05, 0.1) is 25.3 Å². The summed E-state index contributed by atoms with van der Waals surface area (Å²) < 4.78 is 0. The second kappa shape index (κ2) is 28.1. The Labute approximate surface area is 384 Å². The summed E-state index contributed by atoms with van der Waals surface area (Å²) in [5, 5.41) is 51.8.